The number of carbonyl (C=O) groups excluding carboxylic acids is 1. The number of para-hydroxylation sites is 1. The van der Waals surface area contributed by atoms with E-state index in [0.717, 1.165) is 5.56 Å². The van der Waals surface area contributed by atoms with Gasteiger partial charge in [-0.3, -0.25) is 9.63 Å². The molecule has 3 rings (SSSR count). The molecule has 0 aliphatic heterocycles. The molecule has 0 aliphatic carbocycles. The third-order valence-corrected chi connectivity index (χ3v) is 3.35. The molecule has 0 atom stereocenters. The first-order chi connectivity index (χ1) is 11.3. The van der Waals surface area contributed by atoms with Crippen molar-refractivity contribution in [2.45, 2.75) is 6.61 Å². The fraction of sp³-hybridized carbons (Fsp3) is 0.118. The third-order valence-electron chi connectivity index (χ3n) is 3.35. The summed E-state index contributed by atoms with van der Waals surface area (Å²) in [5, 5.41) is 5.32. The Bertz CT molecular complexity index is 772. The van der Waals surface area contributed by atoms with E-state index in [1.165, 1.54) is 11.4 Å². The highest BCUT2D eigenvalue weighted by Gasteiger charge is 2.17. The minimum Gasteiger partial charge on any atom is -0.267 e. The Morgan fingerprint density at radius 3 is 2.61 bits per heavy atom. The van der Waals surface area contributed by atoms with Crippen molar-refractivity contribution >= 4 is 5.91 Å². The molecule has 1 aromatic heterocycles. The van der Waals surface area contributed by atoms with Crippen LogP contribution in [0.25, 0.3) is 5.69 Å². The molecule has 116 valence electrons. The van der Waals surface area contributed by atoms with Crippen molar-refractivity contribution in [3.63, 3.8) is 0 Å². The number of aromatic nitrogens is 3. The first-order valence-electron chi connectivity index (χ1n) is 7.14. The molecule has 0 saturated heterocycles. The fourth-order valence-electron chi connectivity index (χ4n) is 2.16. The second-order valence-corrected chi connectivity index (χ2v) is 4.92. The van der Waals surface area contributed by atoms with Crippen LogP contribution < -0.4 is 0 Å². The van der Waals surface area contributed by atoms with Crippen molar-refractivity contribution in [3.05, 3.63) is 78.4 Å². The molecule has 2 aromatic carbocycles. The molecule has 0 aliphatic rings. The predicted molar refractivity (Wildman–Crippen MR) is 84.7 cm³/mol. The summed E-state index contributed by atoms with van der Waals surface area (Å²) >= 11 is 0. The SMILES string of the molecule is CN(OCc1ccccc1)C(=O)c1ccccc1-n1cncn1. The molecular weight excluding hydrogens is 292 g/mol. The maximum atomic E-state index is 12.6. The summed E-state index contributed by atoms with van der Waals surface area (Å²) in [6.07, 6.45) is 2.98. The summed E-state index contributed by atoms with van der Waals surface area (Å²) in [5.41, 5.74) is 2.15. The zero-order valence-corrected chi connectivity index (χ0v) is 12.7. The third kappa shape index (κ3) is 3.44. The van der Waals surface area contributed by atoms with E-state index in [1.807, 2.05) is 42.5 Å². The monoisotopic (exact) mass is 308 g/mol. The van der Waals surface area contributed by atoms with Crippen molar-refractivity contribution in [2.24, 2.45) is 0 Å². The van der Waals surface area contributed by atoms with Crippen LogP contribution in [0.5, 0.6) is 0 Å². The number of amides is 1. The van der Waals surface area contributed by atoms with E-state index < -0.39 is 0 Å². The fourth-order valence-corrected chi connectivity index (χ4v) is 2.16. The lowest BCUT2D eigenvalue weighted by Gasteiger charge is -2.18. The molecular formula is C17H16N4O2. The van der Waals surface area contributed by atoms with Crippen LogP contribution in [0.2, 0.25) is 0 Å². The lowest BCUT2D eigenvalue weighted by molar-refractivity contribution is -0.116. The van der Waals surface area contributed by atoms with Gasteiger partial charge in [-0.2, -0.15) is 5.10 Å². The molecule has 23 heavy (non-hydrogen) atoms. The van der Waals surface area contributed by atoms with Crippen molar-refractivity contribution < 1.29 is 9.63 Å². The number of carbonyl (C=O) groups is 1. The van der Waals surface area contributed by atoms with E-state index in [9.17, 15) is 4.79 Å². The van der Waals surface area contributed by atoms with E-state index in [0.29, 0.717) is 17.9 Å². The van der Waals surface area contributed by atoms with E-state index in [1.54, 1.807) is 30.2 Å². The Morgan fingerprint density at radius 2 is 1.87 bits per heavy atom. The zero-order chi connectivity index (χ0) is 16.1. The number of rotatable bonds is 5. The second-order valence-electron chi connectivity index (χ2n) is 4.92. The smallest absolute Gasteiger partial charge is 0.267 e. The van der Waals surface area contributed by atoms with Crippen LogP contribution in [-0.4, -0.2) is 32.8 Å². The lowest BCUT2D eigenvalue weighted by Crippen LogP contribution is -2.28. The van der Waals surface area contributed by atoms with Crippen LogP contribution >= 0.6 is 0 Å². The first-order valence-corrected chi connectivity index (χ1v) is 7.14. The van der Waals surface area contributed by atoms with E-state index in [-0.39, 0.29) is 5.91 Å². The van der Waals surface area contributed by atoms with Gasteiger partial charge in [-0.25, -0.2) is 14.7 Å². The van der Waals surface area contributed by atoms with Gasteiger partial charge in [0.15, 0.2) is 0 Å². The van der Waals surface area contributed by atoms with Gasteiger partial charge in [0.2, 0.25) is 0 Å². The highest BCUT2D eigenvalue weighted by molar-refractivity contribution is 5.96. The Hall–Kier alpha value is -2.99. The normalized spacial score (nSPS) is 10.5. The number of benzene rings is 2. The Labute approximate surface area is 133 Å². The standard InChI is InChI=1S/C17H16N4O2/c1-20(23-11-14-7-3-2-4-8-14)17(22)15-9-5-6-10-16(15)21-13-18-12-19-21/h2-10,12-13H,11H2,1H3. The lowest BCUT2D eigenvalue weighted by atomic mass is 10.1. The first kappa shape index (κ1) is 14.9. The van der Waals surface area contributed by atoms with Crippen molar-refractivity contribution in [1.29, 1.82) is 0 Å². The zero-order valence-electron chi connectivity index (χ0n) is 12.7. The van der Waals surface area contributed by atoms with Crippen LogP contribution in [0.4, 0.5) is 0 Å². The summed E-state index contributed by atoms with van der Waals surface area (Å²) in [7, 11) is 1.60. The number of nitrogens with zero attached hydrogens (tertiary/aromatic N) is 4. The van der Waals surface area contributed by atoms with Gasteiger partial charge in [-0.15, -0.1) is 0 Å². The second kappa shape index (κ2) is 6.85. The number of hydrogen-bond donors (Lipinski definition) is 0. The highest BCUT2D eigenvalue weighted by atomic mass is 16.7. The van der Waals surface area contributed by atoms with Gasteiger partial charge in [0.1, 0.15) is 19.3 Å². The van der Waals surface area contributed by atoms with Crippen molar-refractivity contribution in [1.82, 2.24) is 19.8 Å². The maximum absolute atomic E-state index is 12.6. The summed E-state index contributed by atoms with van der Waals surface area (Å²) in [6, 6.07) is 16.9. The van der Waals surface area contributed by atoms with Gasteiger partial charge in [-0.1, -0.05) is 42.5 Å². The molecule has 3 aromatic rings. The van der Waals surface area contributed by atoms with Crippen LogP contribution in [0.1, 0.15) is 15.9 Å². The predicted octanol–water partition coefficient (Wildman–Crippen LogP) is 2.47. The van der Waals surface area contributed by atoms with E-state index in [4.69, 9.17) is 4.84 Å². The minimum atomic E-state index is -0.243. The van der Waals surface area contributed by atoms with Gasteiger partial charge < -0.3 is 0 Å². The maximum Gasteiger partial charge on any atom is 0.279 e. The number of hydroxylamine groups is 2. The summed E-state index contributed by atoms with van der Waals surface area (Å²) in [6.45, 7) is 0.328. The summed E-state index contributed by atoms with van der Waals surface area (Å²) in [4.78, 5) is 22.1. The van der Waals surface area contributed by atoms with Gasteiger partial charge in [0.05, 0.1) is 11.3 Å². The van der Waals surface area contributed by atoms with E-state index in [2.05, 4.69) is 10.1 Å². The Balaban J connectivity index is 1.75. The van der Waals surface area contributed by atoms with Crippen LogP contribution in [-0.2, 0) is 11.4 Å². The topological polar surface area (TPSA) is 60.2 Å². The molecule has 6 heteroatoms. The van der Waals surface area contributed by atoms with Crippen LogP contribution in [0.3, 0.4) is 0 Å². The molecule has 1 heterocycles. The van der Waals surface area contributed by atoms with Crippen LogP contribution in [0, 0.1) is 0 Å². The largest absolute Gasteiger partial charge is 0.279 e. The Kier molecular flexibility index (Phi) is 4.44. The number of hydrogen-bond acceptors (Lipinski definition) is 4. The van der Waals surface area contributed by atoms with Crippen LogP contribution in [0.15, 0.2) is 67.3 Å². The molecule has 0 radical (unpaired) electrons. The summed E-state index contributed by atoms with van der Waals surface area (Å²) < 4.78 is 1.55. The van der Waals surface area contributed by atoms with Crippen molar-refractivity contribution in [2.75, 3.05) is 7.05 Å². The molecule has 0 saturated carbocycles. The van der Waals surface area contributed by atoms with E-state index >= 15 is 0 Å². The van der Waals surface area contributed by atoms with Gasteiger partial charge in [0, 0.05) is 7.05 Å². The molecule has 0 spiro atoms. The van der Waals surface area contributed by atoms with Gasteiger partial charge in [-0.05, 0) is 17.7 Å². The molecule has 0 bridgehead atoms. The quantitative estimate of drug-likeness (QED) is 0.679. The minimum absolute atomic E-state index is 0.243. The highest BCUT2D eigenvalue weighted by Crippen LogP contribution is 2.15. The average Bonchev–Trinajstić information content (AvgIpc) is 3.14. The molecule has 6 nitrogen and oxygen atoms in total. The van der Waals surface area contributed by atoms with Gasteiger partial charge >= 0.3 is 0 Å². The van der Waals surface area contributed by atoms with Gasteiger partial charge in [0.25, 0.3) is 5.91 Å². The van der Waals surface area contributed by atoms with Crippen molar-refractivity contribution in [3.8, 4) is 5.69 Å². The summed E-state index contributed by atoms with van der Waals surface area (Å²) in [5.74, 6) is -0.243. The molecule has 0 unspecified atom stereocenters. The Morgan fingerprint density at radius 1 is 1.13 bits per heavy atom. The molecule has 0 N–H and O–H groups in total. The molecule has 1 amide bonds. The average molecular weight is 308 g/mol. The molecule has 0 fully saturated rings.